The van der Waals surface area contributed by atoms with E-state index < -0.39 is 12.1 Å². The molecule has 8 heteroatoms. The van der Waals surface area contributed by atoms with Crippen LogP contribution < -0.4 is 11.1 Å². The van der Waals surface area contributed by atoms with Gasteiger partial charge in [0.2, 0.25) is 5.91 Å². The van der Waals surface area contributed by atoms with Gasteiger partial charge in [0, 0.05) is 17.1 Å². The zero-order chi connectivity index (χ0) is 19.4. The average Bonchev–Trinajstić information content (AvgIpc) is 3.22. The Bertz CT molecular complexity index is 1250. The number of aryl methyl sites for hydroxylation is 1. The van der Waals surface area contributed by atoms with Crippen LogP contribution in [-0.2, 0) is 4.79 Å². The Hall–Kier alpha value is -3.55. The fourth-order valence-corrected chi connectivity index (χ4v) is 3.40. The minimum Gasteiger partial charge on any atom is -0.383 e. The molecule has 0 unspecified atom stereocenters. The lowest BCUT2D eigenvalue weighted by Gasteiger charge is -2.10. The van der Waals surface area contributed by atoms with Crippen LogP contribution >= 0.6 is 0 Å². The number of nitrogens with one attached hydrogen (secondary N) is 2. The summed E-state index contributed by atoms with van der Waals surface area (Å²) in [6, 6.07) is 7.61. The topological polar surface area (TPSA) is 110 Å². The number of carbonyl (C=O) groups is 1. The number of nitrogen functional groups attached to an aromatic ring is 1. The van der Waals surface area contributed by atoms with Gasteiger partial charge in [-0.3, -0.25) is 4.79 Å². The van der Waals surface area contributed by atoms with Crippen molar-refractivity contribution >= 4 is 39.3 Å². The molecule has 7 nitrogen and oxygen atoms in total. The Morgan fingerprint density at radius 1 is 1.29 bits per heavy atom. The molecule has 1 aromatic carbocycles. The Labute approximate surface area is 159 Å². The van der Waals surface area contributed by atoms with Crippen molar-refractivity contribution < 1.29 is 9.18 Å². The van der Waals surface area contributed by atoms with E-state index in [1.807, 2.05) is 25.1 Å². The van der Waals surface area contributed by atoms with Crippen LogP contribution in [0.25, 0.3) is 33.1 Å². The molecular weight excluding hydrogens is 359 g/mol. The standard InChI is InChI=1S/C20H17FN6O/c1-9-2-16-17(25-8-24-16)6-11(9)15-3-10-4-18(23-7-13(10)19(22)26-15)27-20(28)12-5-14(12)21/h2-4,6-8,12,14H,5H2,1H3,(H2,22,26)(H,24,25)(H,23,27,28)/t12-,14+/m0/s1. The van der Waals surface area contributed by atoms with Gasteiger partial charge in [-0.1, -0.05) is 0 Å². The molecule has 140 valence electrons. The third-order valence-electron chi connectivity index (χ3n) is 5.09. The van der Waals surface area contributed by atoms with Crippen LogP contribution in [0.1, 0.15) is 12.0 Å². The normalized spacial score (nSPS) is 18.5. The lowest BCUT2D eigenvalue weighted by atomic mass is 10.0. The number of H-pyrrole nitrogens is 1. The lowest BCUT2D eigenvalue weighted by molar-refractivity contribution is -0.117. The summed E-state index contributed by atoms with van der Waals surface area (Å²) in [6.07, 6.45) is 2.45. The summed E-state index contributed by atoms with van der Waals surface area (Å²) >= 11 is 0. The first-order chi connectivity index (χ1) is 13.5. The average molecular weight is 376 g/mol. The van der Waals surface area contributed by atoms with Crippen molar-refractivity contribution in [2.45, 2.75) is 19.5 Å². The number of nitrogens with zero attached hydrogens (tertiary/aromatic N) is 3. The molecule has 1 amide bonds. The van der Waals surface area contributed by atoms with Gasteiger partial charge >= 0.3 is 0 Å². The van der Waals surface area contributed by atoms with Gasteiger partial charge in [-0.2, -0.15) is 0 Å². The van der Waals surface area contributed by atoms with Gasteiger partial charge in [-0.05, 0) is 48.6 Å². The van der Waals surface area contributed by atoms with Gasteiger partial charge in [-0.25, -0.2) is 19.3 Å². The number of halogens is 1. The number of pyridine rings is 2. The van der Waals surface area contributed by atoms with Crippen molar-refractivity contribution in [1.29, 1.82) is 0 Å². The minimum atomic E-state index is -1.05. The summed E-state index contributed by atoms with van der Waals surface area (Å²) in [6.45, 7) is 2.00. The zero-order valence-electron chi connectivity index (χ0n) is 15.0. The van der Waals surface area contributed by atoms with E-state index in [1.165, 1.54) is 0 Å². The van der Waals surface area contributed by atoms with Crippen LogP contribution in [0.4, 0.5) is 16.0 Å². The van der Waals surface area contributed by atoms with Gasteiger partial charge in [-0.15, -0.1) is 0 Å². The molecule has 1 saturated carbocycles. The number of nitrogens with two attached hydrogens (primary N) is 1. The van der Waals surface area contributed by atoms with Crippen LogP contribution in [0.2, 0.25) is 0 Å². The fourth-order valence-electron chi connectivity index (χ4n) is 3.40. The highest BCUT2D eigenvalue weighted by atomic mass is 19.1. The van der Waals surface area contributed by atoms with Crippen molar-refractivity contribution in [1.82, 2.24) is 19.9 Å². The molecule has 0 aliphatic heterocycles. The lowest BCUT2D eigenvalue weighted by Crippen LogP contribution is -2.15. The van der Waals surface area contributed by atoms with Crippen molar-refractivity contribution in [2.24, 2.45) is 5.92 Å². The summed E-state index contributed by atoms with van der Waals surface area (Å²) in [7, 11) is 0. The predicted octanol–water partition coefficient (Wildman–Crippen LogP) is 3.36. The molecule has 0 radical (unpaired) electrons. The number of carbonyl (C=O) groups excluding carboxylic acids is 1. The molecule has 4 N–H and O–H groups in total. The Kier molecular flexibility index (Phi) is 3.55. The minimum absolute atomic E-state index is 0.273. The SMILES string of the molecule is Cc1cc2[nH]cnc2cc1-c1cc2cc(NC(=O)[C@H]3C[C@H]3F)ncc2c(N)n1. The van der Waals surface area contributed by atoms with Crippen molar-refractivity contribution in [3.63, 3.8) is 0 Å². The summed E-state index contributed by atoms with van der Waals surface area (Å²) < 4.78 is 13.1. The van der Waals surface area contributed by atoms with E-state index in [2.05, 4.69) is 25.3 Å². The molecule has 3 heterocycles. The Balaban J connectivity index is 1.57. The first-order valence-corrected chi connectivity index (χ1v) is 8.95. The predicted molar refractivity (Wildman–Crippen MR) is 105 cm³/mol. The molecule has 0 bridgehead atoms. The van der Waals surface area contributed by atoms with Crippen LogP contribution in [0.15, 0.2) is 36.8 Å². The summed E-state index contributed by atoms with van der Waals surface area (Å²) in [5.41, 5.74) is 10.6. The summed E-state index contributed by atoms with van der Waals surface area (Å²) in [5.74, 6) is -0.196. The van der Waals surface area contributed by atoms with Gasteiger partial charge in [0.15, 0.2) is 0 Å². The number of anilines is 2. The number of fused-ring (bicyclic) bond motifs is 2. The number of rotatable bonds is 3. The van der Waals surface area contributed by atoms with E-state index >= 15 is 0 Å². The summed E-state index contributed by atoms with van der Waals surface area (Å²) in [4.78, 5) is 28.1. The number of benzene rings is 1. The van der Waals surface area contributed by atoms with E-state index in [0.29, 0.717) is 22.7 Å². The van der Waals surface area contributed by atoms with Crippen molar-refractivity contribution in [3.8, 4) is 11.3 Å². The Morgan fingerprint density at radius 2 is 2.11 bits per heavy atom. The largest absolute Gasteiger partial charge is 0.383 e. The maximum absolute atomic E-state index is 13.1. The van der Waals surface area contributed by atoms with Gasteiger partial charge < -0.3 is 16.0 Å². The van der Waals surface area contributed by atoms with E-state index in [4.69, 9.17) is 5.73 Å². The van der Waals surface area contributed by atoms with Gasteiger partial charge in [0.05, 0.1) is 29.0 Å². The maximum atomic E-state index is 13.1. The molecular formula is C20H17FN6O. The van der Waals surface area contributed by atoms with Crippen LogP contribution in [0, 0.1) is 12.8 Å². The number of aromatic amines is 1. The van der Waals surface area contributed by atoms with Gasteiger partial charge in [0.1, 0.15) is 17.8 Å². The number of imidazole rings is 1. The second kappa shape index (κ2) is 5.98. The Morgan fingerprint density at radius 3 is 2.89 bits per heavy atom. The van der Waals surface area contributed by atoms with Crippen molar-refractivity contribution in [2.75, 3.05) is 11.1 Å². The molecule has 0 saturated heterocycles. The highest BCUT2D eigenvalue weighted by molar-refractivity contribution is 5.99. The number of aromatic nitrogens is 4. The first kappa shape index (κ1) is 16.6. The van der Waals surface area contributed by atoms with E-state index in [1.54, 1.807) is 18.6 Å². The van der Waals surface area contributed by atoms with E-state index in [0.717, 1.165) is 27.5 Å². The van der Waals surface area contributed by atoms with Crippen LogP contribution in [-0.4, -0.2) is 32.0 Å². The number of hydrogen-bond donors (Lipinski definition) is 3. The molecule has 1 aliphatic carbocycles. The number of amides is 1. The zero-order valence-corrected chi connectivity index (χ0v) is 15.0. The quantitative estimate of drug-likeness (QED) is 0.508. The number of hydrogen-bond acceptors (Lipinski definition) is 5. The fraction of sp³-hybridized carbons (Fsp3) is 0.200. The van der Waals surface area contributed by atoms with Crippen LogP contribution in [0.5, 0.6) is 0 Å². The summed E-state index contributed by atoms with van der Waals surface area (Å²) in [5, 5.41) is 4.16. The third-order valence-corrected chi connectivity index (χ3v) is 5.09. The third kappa shape index (κ3) is 2.74. The molecule has 2 atom stereocenters. The molecule has 28 heavy (non-hydrogen) atoms. The molecule has 3 aromatic heterocycles. The highest BCUT2D eigenvalue weighted by Crippen LogP contribution is 2.35. The van der Waals surface area contributed by atoms with Crippen LogP contribution in [0.3, 0.4) is 0 Å². The molecule has 4 aromatic rings. The van der Waals surface area contributed by atoms with Gasteiger partial charge in [0.25, 0.3) is 0 Å². The second-order valence-corrected chi connectivity index (χ2v) is 7.12. The van der Waals surface area contributed by atoms with E-state index in [9.17, 15) is 9.18 Å². The molecule has 5 rings (SSSR count). The molecule has 1 fully saturated rings. The van der Waals surface area contributed by atoms with E-state index in [-0.39, 0.29) is 12.3 Å². The smallest absolute Gasteiger partial charge is 0.231 e. The maximum Gasteiger partial charge on any atom is 0.231 e. The monoisotopic (exact) mass is 376 g/mol. The number of alkyl halides is 1. The molecule has 1 aliphatic rings. The highest BCUT2D eigenvalue weighted by Gasteiger charge is 2.43. The second-order valence-electron chi connectivity index (χ2n) is 7.12. The molecule has 0 spiro atoms. The van der Waals surface area contributed by atoms with Crippen molar-refractivity contribution in [3.05, 3.63) is 42.4 Å². The first-order valence-electron chi connectivity index (χ1n) is 8.95.